The van der Waals surface area contributed by atoms with Crippen molar-refractivity contribution in [3.05, 3.63) is 13.2 Å². The van der Waals surface area contributed by atoms with Gasteiger partial charge in [0.15, 0.2) is 0 Å². The lowest BCUT2D eigenvalue weighted by Crippen LogP contribution is -2.10. The summed E-state index contributed by atoms with van der Waals surface area (Å²) in [5, 5.41) is 0. The zero-order valence-corrected chi connectivity index (χ0v) is 7.13. The Morgan fingerprint density at radius 3 is 2.00 bits per heavy atom. The third kappa shape index (κ3) is 12.1. The molecule has 0 saturated heterocycles. The minimum absolute atomic E-state index is 0. The lowest BCUT2D eigenvalue weighted by atomic mass is 11.1. The van der Waals surface area contributed by atoms with Crippen LogP contribution in [0.4, 0.5) is 0 Å². The Labute approximate surface area is 67.9 Å². The van der Waals surface area contributed by atoms with E-state index in [-0.39, 0.29) is 7.39 Å². The smallest absolute Gasteiger partial charge is 0.253 e. The first kappa shape index (κ1) is 12.5. The van der Waals surface area contributed by atoms with Gasteiger partial charge in [-0.15, -0.1) is 17.6 Å². The van der Waals surface area contributed by atoms with E-state index in [0.717, 1.165) is 6.26 Å². The van der Waals surface area contributed by atoms with E-state index >= 15 is 0 Å². The van der Waals surface area contributed by atoms with Crippen molar-refractivity contribution in [3.8, 4) is 0 Å². The lowest BCUT2D eigenvalue weighted by Gasteiger charge is -1.86. The van der Waals surface area contributed by atoms with E-state index in [1.165, 1.54) is 0 Å². The summed E-state index contributed by atoms with van der Waals surface area (Å²) in [4.78, 5) is 3.07. The number of hydrogen-bond donors (Lipinski definition) is 1. The van der Waals surface area contributed by atoms with E-state index < -0.39 is 10.0 Å². The molecule has 0 amide bonds. The summed E-state index contributed by atoms with van der Waals surface area (Å²) in [7, 11) is -3.41. The van der Waals surface area contributed by atoms with Gasteiger partial charge < -0.3 is 5.73 Å². The van der Waals surface area contributed by atoms with Crippen molar-refractivity contribution in [2.24, 2.45) is 15.1 Å². The van der Waals surface area contributed by atoms with Crippen LogP contribution in [0, 0.1) is 0 Å². The molecule has 0 bridgehead atoms. The quantitative estimate of drug-likeness (QED) is 0.349. The molecular formula is C5H13N3O2S. The highest BCUT2D eigenvalue weighted by atomic mass is 32.2. The van der Waals surface area contributed by atoms with Crippen LogP contribution in [0.5, 0.6) is 0 Å². The molecule has 0 aliphatic carbocycles. The topological polar surface area (TPSA) is 84.9 Å². The standard InChI is InChI=1S/C3H7N3O2S.C2H4.H2/c1-5-3(4)6-9(2,7)8;1-2;/h1H2,2H3,(H2,4,6);1-2H2;1H. The lowest BCUT2D eigenvalue weighted by molar-refractivity contribution is 0.603. The predicted molar refractivity (Wildman–Crippen MR) is 49.4 cm³/mol. The third-order valence-electron chi connectivity index (χ3n) is 0.421. The number of sulfonamides is 1. The van der Waals surface area contributed by atoms with Gasteiger partial charge in [-0.1, -0.05) is 0 Å². The van der Waals surface area contributed by atoms with Crippen molar-refractivity contribution >= 4 is 22.7 Å². The molecule has 0 spiro atoms. The minimum Gasteiger partial charge on any atom is -0.367 e. The van der Waals surface area contributed by atoms with E-state index in [1.54, 1.807) is 0 Å². The van der Waals surface area contributed by atoms with Crippen LogP contribution >= 0.6 is 0 Å². The van der Waals surface area contributed by atoms with Gasteiger partial charge in [0.1, 0.15) is 0 Å². The molecule has 0 saturated carbocycles. The fourth-order valence-corrected chi connectivity index (χ4v) is 0.596. The average Bonchev–Trinajstić information content (AvgIpc) is 1.89. The molecule has 11 heavy (non-hydrogen) atoms. The average molecular weight is 179 g/mol. The zero-order chi connectivity index (χ0) is 9.49. The summed E-state index contributed by atoms with van der Waals surface area (Å²) >= 11 is 0. The van der Waals surface area contributed by atoms with Crippen LogP contribution in [0.25, 0.3) is 0 Å². The molecule has 0 radical (unpaired) electrons. The van der Waals surface area contributed by atoms with E-state index in [4.69, 9.17) is 5.73 Å². The molecule has 0 rings (SSSR count). The van der Waals surface area contributed by atoms with Crippen LogP contribution in [0.15, 0.2) is 22.5 Å². The highest BCUT2D eigenvalue weighted by molar-refractivity contribution is 7.89. The summed E-state index contributed by atoms with van der Waals surface area (Å²) in [5.41, 5.74) is 4.90. The van der Waals surface area contributed by atoms with E-state index in [1.807, 2.05) is 0 Å². The van der Waals surface area contributed by atoms with Crippen molar-refractivity contribution in [1.29, 1.82) is 0 Å². The highest BCUT2D eigenvalue weighted by Gasteiger charge is 1.95. The molecule has 5 nitrogen and oxygen atoms in total. The highest BCUT2D eigenvalue weighted by Crippen LogP contribution is 1.83. The molecule has 0 aromatic carbocycles. The fraction of sp³-hybridized carbons (Fsp3) is 0.200. The number of aliphatic imine (C=N–C) groups is 1. The van der Waals surface area contributed by atoms with Gasteiger partial charge in [-0.05, 0) is 6.72 Å². The third-order valence-corrected chi connectivity index (χ3v) is 0.940. The minimum atomic E-state index is -3.41. The van der Waals surface area contributed by atoms with Crippen LogP contribution in [-0.4, -0.2) is 27.4 Å². The molecule has 2 N–H and O–H groups in total. The molecule has 6 heteroatoms. The van der Waals surface area contributed by atoms with Crippen LogP contribution in [0.1, 0.15) is 1.43 Å². The van der Waals surface area contributed by atoms with Gasteiger partial charge in [-0.25, -0.2) is 13.4 Å². The Morgan fingerprint density at radius 2 is 1.91 bits per heavy atom. The second kappa shape index (κ2) is 5.60. The molecule has 0 unspecified atom stereocenters. The molecule has 0 fully saturated rings. The number of nitrogens with zero attached hydrogens (tertiary/aromatic N) is 2. The van der Waals surface area contributed by atoms with Gasteiger partial charge >= 0.3 is 0 Å². The van der Waals surface area contributed by atoms with Gasteiger partial charge in [0, 0.05) is 1.43 Å². The SMILES string of the molecule is C=C.C=N/C(N)=N/S(C)(=O)=O.[HH]. The maximum Gasteiger partial charge on any atom is 0.253 e. The predicted octanol–water partition coefficient (Wildman–Crippen LogP) is 0.00950. The Bertz CT molecular complexity index is 247. The van der Waals surface area contributed by atoms with Crippen LogP contribution in [-0.2, 0) is 10.0 Å². The normalized spacial score (nSPS) is 11.2. The first-order chi connectivity index (χ1) is 4.95. The van der Waals surface area contributed by atoms with E-state index in [9.17, 15) is 8.42 Å². The van der Waals surface area contributed by atoms with Gasteiger partial charge in [0.2, 0.25) is 5.96 Å². The number of nitrogens with two attached hydrogens (primary N) is 1. The summed E-state index contributed by atoms with van der Waals surface area (Å²) in [6.45, 7) is 8.97. The molecule has 0 aliphatic rings. The maximum atomic E-state index is 10.2. The Hall–Kier alpha value is -1.17. The Kier molecular flexibility index (Phi) is 6.37. The maximum absolute atomic E-state index is 10.2. The second-order valence-electron chi connectivity index (χ2n) is 1.34. The van der Waals surface area contributed by atoms with Gasteiger partial charge in [0.05, 0.1) is 6.26 Å². The number of guanidine groups is 1. The van der Waals surface area contributed by atoms with Crippen molar-refractivity contribution in [1.82, 2.24) is 0 Å². The fourth-order valence-electron chi connectivity index (χ4n) is 0.199. The van der Waals surface area contributed by atoms with Crippen molar-refractivity contribution in [3.63, 3.8) is 0 Å². The molecule has 0 atom stereocenters. The second-order valence-corrected chi connectivity index (χ2v) is 2.99. The largest absolute Gasteiger partial charge is 0.367 e. The molecule has 0 heterocycles. The van der Waals surface area contributed by atoms with E-state index in [2.05, 4.69) is 29.3 Å². The summed E-state index contributed by atoms with van der Waals surface area (Å²) in [6.07, 6.45) is 0.922. The van der Waals surface area contributed by atoms with Crippen LogP contribution in [0.3, 0.4) is 0 Å². The molecule has 0 aromatic heterocycles. The molecule has 0 aromatic rings. The monoisotopic (exact) mass is 179 g/mol. The molecule has 66 valence electrons. The van der Waals surface area contributed by atoms with Gasteiger partial charge in [0.25, 0.3) is 10.0 Å². The Balaban J connectivity index is -0.000000249. The first-order valence-corrected chi connectivity index (χ1v) is 4.32. The van der Waals surface area contributed by atoms with Crippen molar-refractivity contribution < 1.29 is 9.84 Å². The molecule has 0 aliphatic heterocycles. The summed E-state index contributed by atoms with van der Waals surface area (Å²) in [5.74, 6) is -0.336. The van der Waals surface area contributed by atoms with Crippen LogP contribution in [0.2, 0.25) is 0 Å². The van der Waals surface area contributed by atoms with Gasteiger partial charge in [-0.3, -0.25) is 0 Å². The number of rotatable bonds is 1. The molecular weight excluding hydrogens is 166 g/mol. The van der Waals surface area contributed by atoms with Gasteiger partial charge in [-0.2, -0.15) is 0 Å². The number of hydrogen-bond acceptors (Lipinski definition) is 2. The van der Waals surface area contributed by atoms with E-state index in [0.29, 0.717) is 0 Å². The summed E-state index contributed by atoms with van der Waals surface area (Å²) in [6, 6.07) is 0. The van der Waals surface area contributed by atoms with Crippen LogP contribution < -0.4 is 5.73 Å². The Morgan fingerprint density at radius 1 is 1.55 bits per heavy atom. The first-order valence-electron chi connectivity index (χ1n) is 2.48. The summed E-state index contributed by atoms with van der Waals surface area (Å²) < 4.78 is 23.5. The van der Waals surface area contributed by atoms with Crippen molar-refractivity contribution in [2.75, 3.05) is 6.26 Å². The van der Waals surface area contributed by atoms with Crippen molar-refractivity contribution in [2.45, 2.75) is 0 Å². The zero-order valence-electron chi connectivity index (χ0n) is 6.32.